The largest absolute Gasteiger partial charge is 0.416 e. The van der Waals surface area contributed by atoms with Crippen molar-refractivity contribution in [1.82, 2.24) is 20.1 Å². The highest BCUT2D eigenvalue weighted by atomic mass is 32.2. The predicted octanol–water partition coefficient (Wildman–Crippen LogP) is 5.42. The number of aromatic nitrogens is 3. The second-order valence-corrected chi connectivity index (χ2v) is 9.35. The number of hydrogen-bond donors (Lipinski definition) is 2. The SMILES string of the molecule is CCCNC(=O)C(C)Sc1nnc(CNc2cccc(C(F)(F)F)c2)n1C1CCCCC1. The molecule has 1 unspecified atom stereocenters. The third-order valence-electron chi connectivity index (χ3n) is 5.52. The highest BCUT2D eigenvalue weighted by molar-refractivity contribution is 8.00. The molecule has 1 amide bonds. The Balaban J connectivity index is 1.77. The number of benzene rings is 1. The summed E-state index contributed by atoms with van der Waals surface area (Å²) in [5, 5.41) is 15.0. The van der Waals surface area contributed by atoms with Gasteiger partial charge in [0.05, 0.1) is 17.4 Å². The van der Waals surface area contributed by atoms with Crippen LogP contribution in [0.25, 0.3) is 0 Å². The van der Waals surface area contributed by atoms with E-state index in [1.807, 2.05) is 13.8 Å². The fraction of sp³-hybridized carbons (Fsp3) is 0.591. The van der Waals surface area contributed by atoms with Gasteiger partial charge in [0.1, 0.15) is 0 Å². The number of rotatable bonds is 9. The van der Waals surface area contributed by atoms with Gasteiger partial charge in [-0.1, -0.05) is 44.0 Å². The lowest BCUT2D eigenvalue weighted by atomic mass is 9.95. The lowest BCUT2D eigenvalue weighted by molar-refractivity contribution is -0.137. The minimum Gasteiger partial charge on any atom is -0.378 e. The van der Waals surface area contributed by atoms with E-state index in [0.29, 0.717) is 23.2 Å². The van der Waals surface area contributed by atoms with E-state index < -0.39 is 11.7 Å². The molecule has 1 heterocycles. The fourth-order valence-corrected chi connectivity index (χ4v) is 4.77. The van der Waals surface area contributed by atoms with Crippen LogP contribution in [0.3, 0.4) is 0 Å². The summed E-state index contributed by atoms with van der Waals surface area (Å²) in [7, 11) is 0. The van der Waals surface area contributed by atoms with Crippen LogP contribution in [0.5, 0.6) is 0 Å². The van der Waals surface area contributed by atoms with Crippen LogP contribution in [0.4, 0.5) is 18.9 Å². The third-order valence-corrected chi connectivity index (χ3v) is 6.57. The summed E-state index contributed by atoms with van der Waals surface area (Å²) < 4.78 is 41.1. The average molecular weight is 470 g/mol. The molecule has 0 saturated heterocycles. The number of hydrogen-bond acceptors (Lipinski definition) is 5. The molecule has 1 aromatic heterocycles. The van der Waals surface area contributed by atoms with E-state index in [-0.39, 0.29) is 23.7 Å². The van der Waals surface area contributed by atoms with Gasteiger partial charge in [-0.25, -0.2) is 0 Å². The molecule has 1 aliphatic carbocycles. The van der Waals surface area contributed by atoms with Crippen molar-refractivity contribution < 1.29 is 18.0 Å². The number of anilines is 1. The number of nitrogens with one attached hydrogen (secondary N) is 2. The molecule has 2 N–H and O–H groups in total. The van der Waals surface area contributed by atoms with Crippen LogP contribution in [0.1, 0.15) is 69.8 Å². The molecule has 1 aromatic carbocycles. The molecule has 1 aliphatic rings. The van der Waals surface area contributed by atoms with Crippen LogP contribution in [-0.4, -0.2) is 32.5 Å². The number of carbonyl (C=O) groups excluding carboxylic acids is 1. The standard InChI is InChI=1S/C22H30F3N5OS/c1-3-12-26-20(31)15(2)32-21-29-28-19(30(21)18-10-5-4-6-11-18)14-27-17-9-7-8-16(13-17)22(23,24)25/h7-9,13,15,18,27H,3-6,10-12,14H2,1-2H3,(H,26,31). The van der Waals surface area contributed by atoms with Gasteiger partial charge in [-0.3, -0.25) is 4.79 Å². The van der Waals surface area contributed by atoms with Crippen molar-refractivity contribution in [3.63, 3.8) is 0 Å². The molecule has 0 aliphatic heterocycles. The maximum Gasteiger partial charge on any atom is 0.416 e. The van der Waals surface area contributed by atoms with Crippen LogP contribution in [-0.2, 0) is 17.5 Å². The quantitative estimate of drug-likeness (QED) is 0.480. The van der Waals surface area contributed by atoms with E-state index in [1.165, 1.54) is 24.2 Å². The smallest absolute Gasteiger partial charge is 0.378 e. The first kappa shape index (κ1) is 24.4. The Morgan fingerprint density at radius 2 is 2.00 bits per heavy atom. The molecular weight excluding hydrogens is 439 g/mol. The first-order valence-electron chi connectivity index (χ1n) is 11.1. The summed E-state index contributed by atoms with van der Waals surface area (Å²) in [5.41, 5.74) is -0.320. The Bertz CT molecular complexity index is 896. The molecule has 1 saturated carbocycles. The van der Waals surface area contributed by atoms with Gasteiger partial charge in [-0.15, -0.1) is 10.2 Å². The molecule has 1 atom stereocenters. The predicted molar refractivity (Wildman–Crippen MR) is 120 cm³/mol. The Hall–Kier alpha value is -2.23. The Labute approximate surface area is 190 Å². The van der Waals surface area contributed by atoms with Crippen LogP contribution in [0, 0.1) is 0 Å². The van der Waals surface area contributed by atoms with Gasteiger partial charge in [0, 0.05) is 18.3 Å². The summed E-state index contributed by atoms with van der Waals surface area (Å²) >= 11 is 1.37. The number of amides is 1. The fourth-order valence-electron chi connectivity index (χ4n) is 3.80. The molecule has 6 nitrogen and oxygen atoms in total. The van der Waals surface area contributed by atoms with Crippen molar-refractivity contribution >= 4 is 23.4 Å². The van der Waals surface area contributed by atoms with E-state index in [1.54, 1.807) is 6.07 Å². The number of carbonyl (C=O) groups is 1. The number of alkyl halides is 3. The average Bonchev–Trinajstić information content (AvgIpc) is 3.18. The molecule has 1 fully saturated rings. The van der Waals surface area contributed by atoms with E-state index >= 15 is 0 Å². The molecule has 2 aromatic rings. The molecular formula is C22H30F3N5OS. The van der Waals surface area contributed by atoms with Gasteiger partial charge >= 0.3 is 6.18 Å². The van der Waals surface area contributed by atoms with Gasteiger partial charge < -0.3 is 15.2 Å². The molecule has 0 bridgehead atoms. The molecule has 32 heavy (non-hydrogen) atoms. The zero-order valence-corrected chi connectivity index (χ0v) is 19.2. The van der Waals surface area contributed by atoms with Gasteiger partial charge in [-0.2, -0.15) is 13.2 Å². The monoisotopic (exact) mass is 469 g/mol. The van der Waals surface area contributed by atoms with Crippen molar-refractivity contribution in [1.29, 1.82) is 0 Å². The van der Waals surface area contributed by atoms with E-state index in [0.717, 1.165) is 44.2 Å². The van der Waals surface area contributed by atoms with Gasteiger partial charge in [0.2, 0.25) is 5.91 Å². The summed E-state index contributed by atoms with van der Waals surface area (Å²) in [6.45, 7) is 4.73. The highest BCUT2D eigenvalue weighted by Crippen LogP contribution is 2.34. The summed E-state index contributed by atoms with van der Waals surface area (Å²) in [6, 6.07) is 5.36. The van der Waals surface area contributed by atoms with E-state index in [9.17, 15) is 18.0 Å². The first-order chi connectivity index (χ1) is 15.3. The van der Waals surface area contributed by atoms with Gasteiger partial charge in [0.15, 0.2) is 11.0 Å². The van der Waals surface area contributed by atoms with Crippen LogP contribution < -0.4 is 10.6 Å². The summed E-state index contributed by atoms with van der Waals surface area (Å²) in [5.74, 6) is 0.622. The maximum absolute atomic E-state index is 13.0. The first-order valence-corrected chi connectivity index (χ1v) is 12.0. The zero-order chi connectivity index (χ0) is 23.1. The second kappa shape index (κ2) is 11.1. The van der Waals surface area contributed by atoms with Crippen LogP contribution in [0.15, 0.2) is 29.4 Å². The van der Waals surface area contributed by atoms with Crippen molar-refractivity contribution in [3.8, 4) is 0 Å². The van der Waals surface area contributed by atoms with E-state index in [4.69, 9.17) is 0 Å². The summed E-state index contributed by atoms with van der Waals surface area (Å²) in [6.07, 6.45) is 1.89. The molecule has 0 spiro atoms. The van der Waals surface area contributed by atoms with E-state index in [2.05, 4.69) is 25.4 Å². The van der Waals surface area contributed by atoms with Crippen molar-refractivity contribution in [2.75, 3.05) is 11.9 Å². The number of halogens is 3. The van der Waals surface area contributed by atoms with Gasteiger partial charge in [0.25, 0.3) is 0 Å². The third kappa shape index (κ3) is 6.40. The minimum absolute atomic E-state index is 0.0429. The van der Waals surface area contributed by atoms with Crippen LogP contribution in [0.2, 0.25) is 0 Å². The van der Waals surface area contributed by atoms with Crippen molar-refractivity contribution in [3.05, 3.63) is 35.7 Å². The number of nitrogens with zero attached hydrogens (tertiary/aromatic N) is 3. The Morgan fingerprint density at radius 3 is 2.69 bits per heavy atom. The lowest BCUT2D eigenvalue weighted by Crippen LogP contribution is -2.31. The lowest BCUT2D eigenvalue weighted by Gasteiger charge is -2.26. The Kier molecular flexibility index (Phi) is 8.44. The molecule has 10 heteroatoms. The normalized spacial score (nSPS) is 16.0. The number of thioether (sulfide) groups is 1. The van der Waals surface area contributed by atoms with Crippen molar-refractivity contribution in [2.45, 2.75) is 81.5 Å². The van der Waals surface area contributed by atoms with Crippen LogP contribution >= 0.6 is 11.8 Å². The highest BCUT2D eigenvalue weighted by Gasteiger charge is 2.30. The van der Waals surface area contributed by atoms with Crippen molar-refractivity contribution in [2.24, 2.45) is 0 Å². The molecule has 3 rings (SSSR count). The second-order valence-electron chi connectivity index (χ2n) is 8.04. The molecule has 0 radical (unpaired) electrons. The minimum atomic E-state index is -4.39. The Morgan fingerprint density at radius 1 is 1.25 bits per heavy atom. The maximum atomic E-state index is 13.0. The van der Waals surface area contributed by atoms with Gasteiger partial charge in [-0.05, 0) is 44.4 Å². The topological polar surface area (TPSA) is 71.8 Å². The summed E-state index contributed by atoms with van der Waals surface area (Å²) in [4.78, 5) is 12.3. The molecule has 176 valence electrons. The zero-order valence-electron chi connectivity index (χ0n) is 18.4.